The fourth-order valence-electron chi connectivity index (χ4n) is 1.94. The van der Waals surface area contributed by atoms with E-state index in [0.717, 1.165) is 27.9 Å². The maximum absolute atomic E-state index is 10.5. The molecule has 0 N–H and O–H groups in total. The summed E-state index contributed by atoms with van der Waals surface area (Å²) < 4.78 is 0. The smallest absolute Gasteiger partial charge is 0.376 e. The summed E-state index contributed by atoms with van der Waals surface area (Å²) in [4.78, 5) is 14.7. The van der Waals surface area contributed by atoms with Crippen LogP contribution in [-0.2, 0) is 4.79 Å². The molecule has 2 aromatic carbocycles. The average Bonchev–Trinajstić information content (AvgIpc) is 2.47. The number of rotatable bonds is 2. The van der Waals surface area contributed by atoms with Crippen LogP contribution >= 0.6 is 0 Å². The van der Waals surface area contributed by atoms with Crippen molar-refractivity contribution in [2.75, 3.05) is 0 Å². The van der Waals surface area contributed by atoms with Crippen molar-refractivity contribution in [1.82, 2.24) is 0 Å². The zero-order chi connectivity index (χ0) is 16.7. The van der Waals surface area contributed by atoms with E-state index in [-0.39, 0.29) is 18.9 Å². The SMILES string of the molecule is CC=Nc1cc(C)c([C-]=O)cc1C.[CH2-]c1ccc(C)cc1[CH2-].[Li+]. The Balaban J connectivity index is 0.000000427. The van der Waals surface area contributed by atoms with Crippen molar-refractivity contribution in [3.63, 3.8) is 0 Å². The first-order valence-corrected chi connectivity index (χ1v) is 7.11. The second-order valence-corrected chi connectivity index (χ2v) is 5.22. The summed E-state index contributed by atoms with van der Waals surface area (Å²) in [6.07, 6.45) is 3.65. The predicted octanol–water partition coefficient (Wildman–Crippen LogP) is 1.85. The first-order valence-electron chi connectivity index (χ1n) is 7.11. The molecule has 0 unspecified atom stereocenters. The number of nitrogens with zero attached hydrogens (tertiary/aromatic N) is 1. The Bertz CT molecular complexity index is 690. The third-order valence-electron chi connectivity index (χ3n) is 3.28. The van der Waals surface area contributed by atoms with Crippen LogP contribution in [0.3, 0.4) is 0 Å². The van der Waals surface area contributed by atoms with E-state index < -0.39 is 0 Å². The molecule has 0 atom stereocenters. The molecule has 0 aliphatic heterocycles. The van der Waals surface area contributed by atoms with Crippen molar-refractivity contribution in [2.24, 2.45) is 4.99 Å². The largest absolute Gasteiger partial charge is 1.00 e. The maximum Gasteiger partial charge on any atom is 1.00 e. The number of hydrogen-bond acceptors (Lipinski definition) is 2. The number of aliphatic imine (C=N–C) groups is 1. The molecule has 116 valence electrons. The van der Waals surface area contributed by atoms with Gasteiger partial charge in [-0.2, -0.15) is 6.07 Å². The molecule has 0 spiro atoms. The van der Waals surface area contributed by atoms with Crippen molar-refractivity contribution in [1.29, 1.82) is 0 Å². The van der Waals surface area contributed by atoms with E-state index >= 15 is 0 Å². The van der Waals surface area contributed by atoms with Gasteiger partial charge in [-0.1, -0.05) is 25.5 Å². The predicted molar refractivity (Wildman–Crippen MR) is 94.6 cm³/mol. The summed E-state index contributed by atoms with van der Waals surface area (Å²) in [6, 6.07) is 9.76. The van der Waals surface area contributed by atoms with Gasteiger partial charge in [0.05, 0.1) is 6.29 Å². The van der Waals surface area contributed by atoms with E-state index in [1.807, 2.05) is 64.3 Å². The van der Waals surface area contributed by atoms with E-state index in [0.29, 0.717) is 5.56 Å². The molecule has 2 rings (SSSR count). The van der Waals surface area contributed by atoms with E-state index in [4.69, 9.17) is 0 Å². The van der Waals surface area contributed by atoms with Crippen molar-refractivity contribution in [3.05, 3.63) is 77.6 Å². The molecule has 23 heavy (non-hydrogen) atoms. The van der Waals surface area contributed by atoms with Gasteiger partial charge in [-0.3, -0.25) is 30.0 Å². The third-order valence-corrected chi connectivity index (χ3v) is 3.28. The van der Waals surface area contributed by atoms with Crippen LogP contribution in [0.4, 0.5) is 5.69 Å². The van der Waals surface area contributed by atoms with E-state index in [9.17, 15) is 4.79 Å². The van der Waals surface area contributed by atoms with Crippen LogP contribution in [0.5, 0.6) is 0 Å². The Morgan fingerprint density at radius 2 is 1.65 bits per heavy atom. The van der Waals surface area contributed by atoms with Gasteiger partial charge in [-0.05, 0) is 13.8 Å². The van der Waals surface area contributed by atoms with Gasteiger partial charge in [-0.15, -0.1) is 22.8 Å². The number of benzene rings is 2. The minimum atomic E-state index is 0. The van der Waals surface area contributed by atoms with Crippen molar-refractivity contribution < 1.29 is 23.7 Å². The Kier molecular flexibility index (Phi) is 9.18. The zero-order valence-corrected chi connectivity index (χ0v) is 14.7. The molecular weight excluding hydrogens is 277 g/mol. The molecule has 0 heterocycles. The Morgan fingerprint density at radius 1 is 1.00 bits per heavy atom. The second-order valence-electron chi connectivity index (χ2n) is 5.22. The molecule has 2 aromatic rings. The van der Waals surface area contributed by atoms with Gasteiger partial charge < -0.3 is 4.79 Å². The van der Waals surface area contributed by atoms with Crippen molar-refractivity contribution >= 4 is 18.2 Å². The summed E-state index contributed by atoms with van der Waals surface area (Å²) >= 11 is 0. The quantitative estimate of drug-likeness (QED) is 0.473. The molecule has 0 saturated heterocycles. The van der Waals surface area contributed by atoms with Crippen molar-refractivity contribution in [3.8, 4) is 0 Å². The van der Waals surface area contributed by atoms with Gasteiger partial charge in [0.15, 0.2) is 0 Å². The molecule has 0 fully saturated rings. The number of hydrogen-bond donors (Lipinski definition) is 0. The van der Waals surface area contributed by atoms with Crippen LogP contribution in [0, 0.1) is 34.6 Å². The van der Waals surface area contributed by atoms with Crippen LogP contribution in [0.1, 0.15) is 40.3 Å². The second kappa shape index (κ2) is 10.00. The van der Waals surface area contributed by atoms with Gasteiger partial charge in [0.1, 0.15) is 0 Å². The minimum absolute atomic E-state index is 0. The fraction of sp³-hybridized carbons (Fsp3) is 0.200. The van der Waals surface area contributed by atoms with E-state index in [2.05, 4.69) is 18.8 Å². The molecule has 2 nitrogen and oxygen atoms in total. The zero-order valence-electron chi connectivity index (χ0n) is 14.7. The topological polar surface area (TPSA) is 29.4 Å². The van der Waals surface area contributed by atoms with Crippen LogP contribution in [0.25, 0.3) is 0 Å². The molecular formula is C20H22LiNO-2. The normalized spacial score (nSPS) is 9.74. The molecule has 0 aliphatic rings. The van der Waals surface area contributed by atoms with Gasteiger partial charge in [0.2, 0.25) is 0 Å². The van der Waals surface area contributed by atoms with E-state index in [1.54, 1.807) is 6.21 Å². The van der Waals surface area contributed by atoms with Gasteiger partial charge >= 0.3 is 18.9 Å². The first kappa shape index (κ1) is 21.1. The molecule has 0 saturated carbocycles. The number of carbonyl (C=O) groups excluding carboxylic acids is 1. The van der Waals surface area contributed by atoms with E-state index in [1.165, 1.54) is 5.56 Å². The first-order chi connectivity index (χ1) is 10.4. The molecule has 3 heteroatoms. The summed E-state index contributed by atoms with van der Waals surface area (Å²) in [5.41, 5.74) is 6.73. The molecule has 0 amide bonds. The molecule has 0 radical (unpaired) electrons. The van der Waals surface area contributed by atoms with Gasteiger partial charge in [-0.25, -0.2) is 12.1 Å². The molecule has 0 aromatic heterocycles. The Morgan fingerprint density at radius 3 is 2.13 bits per heavy atom. The van der Waals surface area contributed by atoms with Crippen molar-refractivity contribution in [2.45, 2.75) is 27.7 Å². The number of aryl methyl sites for hydroxylation is 3. The standard InChI is InChI=1S/C11H12NO.C9H10.Li/c1-4-12-11-6-8(2)10(7-13)5-9(11)3;1-7-4-5-8(2)9(3)6-7;/h4-6H,1-3H3;4-6H,2-3H2,1H3;/q-1;-2;+1. The van der Waals surface area contributed by atoms with Crippen LogP contribution in [0.15, 0.2) is 35.3 Å². The summed E-state index contributed by atoms with van der Waals surface area (Å²) in [7, 11) is 0. The summed E-state index contributed by atoms with van der Waals surface area (Å²) in [5, 5.41) is 0. The van der Waals surface area contributed by atoms with Gasteiger partial charge in [0.25, 0.3) is 0 Å². The molecule has 0 bridgehead atoms. The summed E-state index contributed by atoms with van der Waals surface area (Å²) in [5.74, 6) is 0. The monoisotopic (exact) mass is 299 g/mol. The summed E-state index contributed by atoms with van der Waals surface area (Å²) in [6.45, 7) is 15.4. The molecule has 0 aliphatic carbocycles. The average molecular weight is 299 g/mol. The van der Waals surface area contributed by atoms with Crippen LogP contribution < -0.4 is 18.9 Å². The van der Waals surface area contributed by atoms with Crippen LogP contribution in [-0.4, -0.2) is 12.5 Å². The Labute approximate surface area is 152 Å². The third kappa shape index (κ3) is 6.40. The van der Waals surface area contributed by atoms with Crippen LogP contribution in [0.2, 0.25) is 0 Å². The van der Waals surface area contributed by atoms with Gasteiger partial charge in [0, 0.05) is 11.9 Å². The minimum Gasteiger partial charge on any atom is -0.376 e. The fourth-order valence-corrected chi connectivity index (χ4v) is 1.94. The maximum atomic E-state index is 10.5. The Hall–Kier alpha value is -1.88.